The number of hydrogen-bond donors (Lipinski definition) is 2. The van der Waals surface area contributed by atoms with Gasteiger partial charge < -0.3 is 10.2 Å². The van der Waals surface area contributed by atoms with Crippen molar-refractivity contribution < 1.29 is 15.0 Å². The summed E-state index contributed by atoms with van der Waals surface area (Å²) in [6, 6.07) is 9.92. The van der Waals surface area contributed by atoms with E-state index < -0.39 is 5.97 Å². The average molecular weight is 269 g/mol. The van der Waals surface area contributed by atoms with Crippen molar-refractivity contribution in [1.29, 1.82) is 0 Å². The number of nitrogens with zero attached hydrogens (tertiary/aromatic N) is 3. The lowest BCUT2D eigenvalue weighted by atomic mass is 10.1. The molecule has 2 N–H and O–H groups in total. The van der Waals surface area contributed by atoms with Crippen LogP contribution in [0, 0.1) is 0 Å². The molecular weight excluding hydrogens is 258 g/mol. The van der Waals surface area contributed by atoms with Crippen LogP contribution in [0.2, 0.25) is 0 Å². The summed E-state index contributed by atoms with van der Waals surface area (Å²) in [6.45, 7) is 0. The lowest BCUT2D eigenvalue weighted by molar-refractivity contribution is 0.0696. The first kappa shape index (κ1) is 12.2. The zero-order valence-corrected chi connectivity index (χ0v) is 10.4. The first-order valence-corrected chi connectivity index (χ1v) is 5.98. The molecule has 0 fully saturated rings. The van der Waals surface area contributed by atoms with Crippen molar-refractivity contribution in [3.05, 3.63) is 59.5 Å². The Morgan fingerprint density at radius 3 is 2.60 bits per heavy atom. The van der Waals surface area contributed by atoms with Gasteiger partial charge in [0, 0.05) is 12.6 Å². The van der Waals surface area contributed by atoms with E-state index in [1.165, 1.54) is 16.8 Å². The Labute approximate surface area is 113 Å². The predicted molar refractivity (Wildman–Crippen MR) is 70.9 cm³/mol. The van der Waals surface area contributed by atoms with E-state index in [2.05, 4.69) is 10.1 Å². The molecule has 100 valence electrons. The van der Waals surface area contributed by atoms with Gasteiger partial charge in [0.05, 0.1) is 5.56 Å². The third-order valence-electron chi connectivity index (χ3n) is 2.92. The molecule has 0 aliphatic rings. The summed E-state index contributed by atoms with van der Waals surface area (Å²) >= 11 is 0. The van der Waals surface area contributed by atoms with E-state index in [0.717, 1.165) is 5.56 Å². The van der Waals surface area contributed by atoms with Crippen LogP contribution in [0.5, 0.6) is 5.75 Å². The summed E-state index contributed by atoms with van der Waals surface area (Å²) < 4.78 is 1.46. The summed E-state index contributed by atoms with van der Waals surface area (Å²) in [5, 5.41) is 22.4. The van der Waals surface area contributed by atoms with Gasteiger partial charge in [-0.05, 0) is 29.8 Å². The Morgan fingerprint density at radius 1 is 1.15 bits per heavy atom. The third kappa shape index (κ3) is 2.31. The lowest BCUT2D eigenvalue weighted by Crippen LogP contribution is -1.99. The van der Waals surface area contributed by atoms with E-state index in [9.17, 15) is 9.90 Å². The summed E-state index contributed by atoms with van der Waals surface area (Å²) in [4.78, 5) is 15.2. The van der Waals surface area contributed by atoms with Crippen molar-refractivity contribution in [2.24, 2.45) is 0 Å². The van der Waals surface area contributed by atoms with Gasteiger partial charge in [-0.1, -0.05) is 12.1 Å². The smallest absolute Gasteiger partial charge is 0.337 e. The molecule has 0 saturated carbocycles. The first-order chi connectivity index (χ1) is 9.61. The van der Waals surface area contributed by atoms with Crippen molar-refractivity contribution in [2.45, 2.75) is 6.42 Å². The van der Waals surface area contributed by atoms with Gasteiger partial charge in [-0.3, -0.25) is 0 Å². The average Bonchev–Trinajstić information content (AvgIpc) is 2.82. The fourth-order valence-electron chi connectivity index (χ4n) is 1.93. The number of pyridine rings is 1. The number of aromatic hydroxyl groups is 1. The molecule has 3 rings (SSSR count). The minimum absolute atomic E-state index is 0.165. The molecule has 6 heteroatoms. The Hall–Kier alpha value is -2.89. The third-order valence-corrected chi connectivity index (χ3v) is 2.92. The van der Waals surface area contributed by atoms with Gasteiger partial charge in [-0.25, -0.2) is 14.3 Å². The highest BCUT2D eigenvalue weighted by Crippen LogP contribution is 2.13. The van der Waals surface area contributed by atoms with Crippen LogP contribution in [-0.4, -0.2) is 30.8 Å². The molecular formula is C14H11N3O3. The fourth-order valence-corrected chi connectivity index (χ4v) is 1.93. The van der Waals surface area contributed by atoms with Crippen molar-refractivity contribution in [2.75, 3.05) is 0 Å². The van der Waals surface area contributed by atoms with Crippen molar-refractivity contribution in [3.8, 4) is 5.75 Å². The van der Waals surface area contributed by atoms with Crippen LogP contribution < -0.4 is 0 Å². The SMILES string of the molecule is O=C(O)c1ccc2nc(Cc3ccc(O)cc3)nn2c1. The zero-order valence-electron chi connectivity index (χ0n) is 10.4. The monoisotopic (exact) mass is 269 g/mol. The number of aromatic nitrogens is 3. The number of aromatic carboxylic acids is 1. The number of carboxylic acids is 1. The second kappa shape index (κ2) is 4.65. The van der Waals surface area contributed by atoms with E-state index in [-0.39, 0.29) is 11.3 Å². The Morgan fingerprint density at radius 2 is 1.90 bits per heavy atom. The maximum Gasteiger partial charge on any atom is 0.337 e. The molecule has 20 heavy (non-hydrogen) atoms. The van der Waals surface area contributed by atoms with Gasteiger partial charge in [0.15, 0.2) is 11.5 Å². The van der Waals surface area contributed by atoms with Crippen LogP contribution >= 0.6 is 0 Å². The second-order valence-electron chi connectivity index (χ2n) is 4.40. The normalized spacial score (nSPS) is 10.8. The van der Waals surface area contributed by atoms with Gasteiger partial charge in [0.2, 0.25) is 0 Å². The number of fused-ring (bicyclic) bond motifs is 1. The van der Waals surface area contributed by atoms with Crippen LogP contribution in [0.15, 0.2) is 42.6 Å². The molecule has 0 amide bonds. The standard InChI is InChI=1S/C14H11N3O3/c18-11-4-1-9(2-5-11)7-12-15-13-6-3-10(14(19)20)8-17(13)16-12/h1-6,8,18H,7H2,(H,19,20). The Balaban J connectivity index is 1.92. The second-order valence-corrected chi connectivity index (χ2v) is 4.40. The zero-order chi connectivity index (χ0) is 14.1. The molecule has 2 aromatic heterocycles. The maximum absolute atomic E-state index is 10.9. The molecule has 0 bridgehead atoms. The molecule has 0 spiro atoms. The van der Waals surface area contributed by atoms with E-state index in [1.54, 1.807) is 30.3 Å². The number of phenols is 1. The number of phenolic OH excluding ortho intramolecular Hbond substituents is 1. The topological polar surface area (TPSA) is 87.7 Å². The number of rotatable bonds is 3. The molecule has 0 atom stereocenters. The summed E-state index contributed by atoms with van der Waals surface area (Å²) in [5.41, 5.74) is 1.74. The number of carboxylic acid groups (broad SMARTS) is 1. The van der Waals surface area contributed by atoms with Crippen LogP contribution in [0.3, 0.4) is 0 Å². The molecule has 0 radical (unpaired) electrons. The number of carbonyl (C=O) groups is 1. The molecule has 6 nitrogen and oxygen atoms in total. The molecule has 1 aromatic carbocycles. The molecule has 2 heterocycles. The van der Waals surface area contributed by atoms with E-state index in [4.69, 9.17) is 5.11 Å². The van der Waals surface area contributed by atoms with Crippen LogP contribution in [0.25, 0.3) is 5.65 Å². The fraction of sp³-hybridized carbons (Fsp3) is 0.0714. The molecule has 0 unspecified atom stereocenters. The minimum atomic E-state index is -0.998. The Bertz CT molecular complexity index is 778. The highest BCUT2D eigenvalue weighted by atomic mass is 16.4. The van der Waals surface area contributed by atoms with Crippen molar-refractivity contribution >= 4 is 11.6 Å². The van der Waals surface area contributed by atoms with Gasteiger partial charge >= 0.3 is 5.97 Å². The molecule has 3 aromatic rings. The maximum atomic E-state index is 10.9. The summed E-state index contributed by atoms with van der Waals surface area (Å²) in [5.74, 6) is -0.191. The van der Waals surface area contributed by atoms with Crippen LogP contribution in [-0.2, 0) is 6.42 Å². The lowest BCUT2D eigenvalue weighted by Gasteiger charge is -1.97. The van der Waals surface area contributed by atoms with Gasteiger partial charge in [-0.2, -0.15) is 5.10 Å². The highest BCUT2D eigenvalue weighted by molar-refractivity contribution is 5.87. The molecule has 0 aliphatic heterocycles. The van der Waals surface area contributed by atoms with E-state index >= 15 is 0 Å². The van der Waals surface area contributed by atoms with Crippen molar-refractivity contribution in [3.63, 3.8) is 0 Å². The predicted octanol–water partition coefficient (Wildman–Crippen LogP) is 1.72. The number of hydrogen-bond acceptors (Lipinski definition) is 4. The minimum Gasteiger partial charge on any atom is -0.508 e. The summed E-state index contributed by atoms with van der Waals surface area (Å²) in [7, 11) is 0. The van der Waals surface area contributed by atoms with Gasteiger partial charge in [0.1, 0.15) is 5.75 Å². The van der Waals surface area contributed by atoms with Gasteiger partial charge in [-0.15, -0.1) is 0 Å². The van der Waals surface area contributed by atoms with E-state index in [1.807, 2.05) is 0 Å². The quantitative estimate of drug-likeness (QED) is 0.756. The summed E-state index contributed by atoms with van der Waals surface area (Å²) in [6.07, 6.45) is 1.95. The number of benzene rings is 1. The molecule has 0 saturated heterocycles. The first-order valence-electron chi connectivity index (χ1n) is 5.98. The van der Waals surface area contributed by atoms with Crippen LogP contribution in [0.1, 0.15) is 21.7 Å². The van der Waals surface area contributed by atoms with Gasteiger partial charge in [0.25, 0.3) is 0 Å². The van der Waals surface area contributed by atoms with E-state index in [0.29, 0.717) is 17.9 Å². The highest BCUT2D eigenvalue weighted by Gasteiger charge is 2.08. The Kier molecular flexibility index (Phi) is 2.83. The molecule has 0 aliphatic carbocycles. The van der Waals surface area contributed by atoms with Crippen LogP contribution in [0.4, 0.5) is 0 Å². The van der Waals surface area contributed by atoms with Crippen molar-refractivity contribution in [1.82, 2.24) is 14.6 Å². The largest absolute Gasteiger partial charge is 0.508 e.